The zero-order valence-corrected chi connectivity index (χ0v) is 19.3. The minimum absolute atomic E-state index is 0. The quantitative estimate of drug-likeness (QED) is 0.276. The predicted octanol–water partition coefficient (Wildman–Crippen LogP) is 2.72. The van der Waals surface area contributed by atoms with Crippen LogP contribution in [-0.4, -0.2) is 38.8 Å². The SMILES string of the molecule is Cc1nnc(CN=C(NCCc2ccccn2)NCCc2cccs2)n1C.I. The fraction of sp³-hybridized carbons (Fsp3) is 0.368. The second kappa shape index (κ2) is 11.7. The summed E-state index contributed by atoms with van der Waals surface area (Å²) in [5.41, 5.74) is 1.06. The average Bonchev–Trinajstić information content (AvgIpc) is 3.31. The third-order valence-corrected chi connectivity index (χ3v) is 5.14. The van der Waals surface area contributed by atoms with Crippen LogP contribution in [0.15, 0.2) is 46.9 Å². The Hall–Kier alpha value is -2.01. The fourth-order valence-corrected chi connectivity index (χ4v) is 3.24. The molecule has 3 rings (SSSR count). The Morgan fingerprint density at radius 3 is 2.57 bits per heavy atom. The van der Waals surface area contributed by atoms with Gasteiger partial charge in [0.2, 0.25) is 0 Å². The molecule has 7 nitrogen and oxygen atoms in total. The number of aliphatic imine (C=N–C) groups is 1. The van der Waals surface area contributed by atoms with Crippen molar-refractivity contribution in [2.24, 2.45) is 12.0 Å². The fourth-order valence-electron chi connectivity index (χ4n) is 2.53. The van der Waals surface area contributed by atoms with Crippen LogP contribution in [0.2, 0.25) is 0 Å². The summed E-state index contributed by atoms with van der Waals surface area (Å²) in [5.74, 6) is 2.51. The van der Waals surface area contributed by atoms with E-state index in [0.29, 0.717) is 6.54 Å². The molecule has 0 aliphatic heterocycles. The van der Waals surface area contributed by atoms with Gasteiger partial charge >= 0.3 is 0 Å². The zero-order chi connectivity index (χ0) is 18.9. The summed E-state index contributed by atoms with van der Waals surface area (Å²) in [6.07, 6.45) is 3.64. The van der Waals surface area contributed by atoms with Gasteiger partial charge in [0, 0.05) is 43.3 Å². The van der Waals surface area contributed by atoms with Gasteiger partial charge in [-0.3, -0.25) is 4.98 Å². The summed E-state index contributed by atoms with van der Waals surface area (Å²) in [6, 6.07) is 10.2. The molecule has 0 spiro atoms. The Balaban J connectivity index is 0.00000280. The first kappa shape index (κ1) is 22.3. The third-order valence-electron chi connectivity index (χ3n) is 4.21. The van der Waals surface area contributed by atoms with Gasteiger partial charge in [-0.05, 0) is 36.9 Å². The highest BCUT2D eigenvalue weighted by molar-refractivity contribution is 14.0. The molecule has 3 aromatic rings. The first-order chi connectivity index (χ1) is 13.2. The van der Waals surface area contributed by atoms with Crippen molar-refractivity contribution < 1.29 is 0 Å². The van der Waals surface area contributed by atoms with Crippen LogP contribution in [0.1, 0.15) is 22.2 Å². The highest BCUT2D eigenvalue weighted by atomic mass is 127. The summed E-state index contributed by atoms with van der Waals surface area (Å²) in [4.78, 5) is 10.4. The number of rotatable bonds is 8. The van der Waals surface area contributed by atoms with E-state index in [4.69, 9.17) is 0 Å². The van der Waals surface area contributed by atoms with Crippen molar-refractivity contribution in [3.8, 4) is 0 Å². The molecular formula is C19H26IN7S. The van der Waals surface area contributed by atoms with Crippen molar-refractivity contribution in [3.63, 3.8) is 0 Å². The number of thiophene rings is 1. The van der Waals surface area contributed by atoms with Gasteiger partial charge in [0.15, 0.2) is 11.8 Å². The molecule has 3 heterocycles. The van der Waals surface area contributed by atoms with Gasteiger partial charge in [-0.15, -0.1) is 45.5 Å². The monoisotopic (exact) mass is 511 g/mol. The molecule has 3 aromatic heterocycles. The predicted molar refractivity (Wildman–Crippen MR) is 124 cm³/mol. The molecule has 0 bridgehead atoms. The number of hydrogen-bond donors (Lipinski definition) is 2. The molecule has 150 valence electrons. The Bertz CT molecular complexity index is 847. The van der Waals surface area contributed by atoms with E-state index in [2.05, 4.69) is 48.3 Å². The van der Waals surface area contributed by atoms with E-state index in [9.17, 15) is 0 Å². The summed E-state index contributed by atoms with van der Waals surface area (Å²) in [5, 5.41) is 17.2. The highest BCUT2D eigenvalue weighted by Gasteiger charge is 2.05. The van der Waals surface area contributed by atoms with E-state index in [-0.39, 0.29) is 24.0 Å². The molecule has 2 N–H and O–H groups in total. The van der Waals surface area contributed by atoms with Gasteiger partial charge in [0.25, 0.3) is 0 Å². The third kappa shape index (κ3) is 6.86. The lowest BCUT2D eigenvalue weighted by Gasteiger charge is -2.12. The van der Waals surface area contributed by atoms with Crippen molar-refractivity contribution in [1.29, 1.82) is 0 Å². The summed E-state index contributed by atoms with van der Waals surface area (Å²) < 4.78 is 1.96. The number of guanidine groups is 1. The average molecular weight is 511 g/mol. The van der Waals surface area contributed by atoms with Gasteiger partial charge in [-0.25, -0.2) is 4.99 Å². The Morgan fingerprint density at radius 2 is 1.93 bits per heavy atom. The number of aromatic nitrogens is 4. The van der Waals surface area contributed by atoms with Crippen molar-refractivity contribution in [2.45, 2.75) is 26.3 Å². The van der Waals surface area contributed by atoms with Gasteiger partial charge in [-0.2, -0.15) is 0 Å². The normalized spacial score (nSPS) is 11.1. The molecule has 28 heavy (non-hydrogen) atoms. The van der Waals surface area contributed by atoms with Crippen LogP contribution < -0.4 is 10.6 Å². The smallest absolute Gasteiger partial charge is 0.191 e. The number of nitrogens with zero attached hydrogens (tertiary/aromatic N) is 5. The molecule has 0 saturated heterocycles. The first-order valence-electron chi connectivity index (χ1n) is 9.01. The lowest BCUT2D eigenvalue weighted by Crippen LogP contribution is -2.39. The minimum Gasteiger partial charge on any atom is -0.356 e. The van der Waals surface area contributed by atoms with Crippen LogP contribution in [0.25, 0.3) is 0 Å². The van der Waals surface area contributed by atoms with Gasteiger partial charge in [-0.1, -0.05) is 12.1 Å². The summed E-state index contributed by atoms with van der Waals surface area (Å²) >= 11 is 1.77. The summed E-state index contributed by atoms with van der Waals surface area (Å²) in [7, 11) is 1.96. The van der Waals surface area contributed by atoms with Crippen molar-refractivity contribution in [3.05, 3.63) is 64.1 Å². The van der Waals surface area contributed by atoms with E-state index in [1.165, 1.54) is 4.88 Å². The topological polar surface area (TPSA) is 80.0 Å². The van der Waals surface area contributed by atoms with Gasteiger partial charge < -0.3 is 15.2 Å². The molecule has 0 fully saturated rings. The molecule has 9 heteroatoms. The highest BCUT2D eigenvalue weighted by Crippen LogP contribution is 2.08. The Morgan fingerprint density at radius 1 is 1.11 bits per heavy atom. The lowest BCUT2D eigenvalue weighted by atomic mass is 10.3. The van der Waals surface area contributed by atoms with Crippen LogP contribution in [-0.2, 0) is 26.4 Å². The maximum atomic E-state index is 4.67. The Kier molecular flexibility index (Phi) is 9.35. The van der Waals surface area contributed by atoms with Crippen LogP contribution >= 0.6 is 35.3 Å². The van der Waals surface area contributed by atoms with Gasteiger partial charge in [0.1, 0.15) is 12.4 Å². The number of hydrogen-bond acceptors (Lipinski definition) is 5. The standard InChI is InChI=1S/C19H25N7S.HI/c1-15-24-25-18(26(15)2)14-23-19(22-12-9-17-7-5-13-27-17)21-11-8-16-6-3-4-10-20-16;/h3-7,10,13H,8-9,11-12,14H2,1-2H3,(H2,21,22,23);1H. The molecule has 0 amide bonds. The van der Waals surface area contributed by atoms with Crippen LogP contribution in [0.3, 0.4) is 0 Å². The molecule has 0 aromatic carbocycles. The van der Waals surface area contributed by atoms with Crippen LogP contribution in [0.4, 0.5) is 0 Å². The second-order valence-electron chi connectivity index (χ2n) is 6.14. The van der Waals surface area contributed by atoms with E-state index in [1.807, 2.05) is 42.9 Å². The molecule has 0 aliphatic carbocycles. The molecule has 0 saturated carbocycles. The van der Waals surface area contributed by atoms with Crippen LogP contribution in [0.5, 0.6) is 0 Å². The van der Waals surface area contributed by atoms with Crippen molar-refractivity contribution >= 4 is 41.3 Å². The van der Waals surface area contributed by atoms with E-state index < -0.39 is 0 Å². The van der Waals surface area contributed by atoms with E-state index in [0.717, 1.165) is 49.2 Å². The Labute approximate surface area is 186 Å². The molecule has 0 unspecified atom stereocenters. The van der Waals surface area contributed by atoms with Gasteiger partial charge in [0.05, 0.1) is 0 Å². The summed E-state index contributed by atoms with van der Waals surface area (Å²) in [6.45, 7) is 4.01. The van der Waals surface area contributed by atoms with E-state index in [1.54, 1.807) is 11.3 Å². The lowest BCUT2D eigenvalue weighted by molar-refractivity contribution is 0.743. The van der Waals surface area contributed by atoms with Crippen molar-refractivity contribution in [1.82, 2.24) is 30.4 Å². The van der Waals surface area contributed by atoms with E-state index >= 15 is 0 Å². The second-order valence-corrected chi connectivity index (χ2v) is 7.17. The number of pyridine rings is 1. The maximum absolute atomic E-state index is 4.67. The molecule has 0 atom stereocenters. The molecular weight excluding hydrogens is 485 g/mol. The minimum atomic E-state index is 0. The maximum Gasteiger partial charge on any atom is 0.191 e. The number of nitrogens with one attached hydrogen (secondary N) is 2. The number of halogens is 1. The zero-order valence-electron chi connectivity index (χ0n) is 16.1. The molecule has 0 radical (unpaired) electrons. The molecule has 0 aliphatic rings. The first-order valence-corrected chi connectivity index (χ1v) is 9.89. The number of aryl methyl sites for hydroxylation is 1. The van der Waals surface area contributed by atoms with Crippen molar-refractivity contribution in [2.75, 3.05) is 13.1 Å². The largest absolute Gasteiger partial charge is 0.356 e. The van der Waals surface area contributed by atoms with Crippen LogP contribution in [0, 0.1) is 6.92 Å².